The lowest BCUT2D eigenvalue weighted by atomic mass is 10.1. The third kappa shape index (κ3) is 3.16. The van der Waals surface area contributed by atoms with E-state index in [2.05, 4.69) is 5.32 Å². The second-order valence-electron chi connectivity index (χ2n) is 5.31. The molecule has 1 aromatic heterocycles. The van der Waals surface area contributed by atoms with Crippen LogP contribution in [0.5, 0.6) is 0 Å². The molecule has 2 aromatic rings. The van der Waals surface area contributed by atoms with Gasteiger partial charge >= 0.3 is 5.97 Å². The summed E-state index contributed by atoms with van der Waals surface area (Å²) in [6.07, 6.45) is 1.36. The Kier molecular flexibility index (Phi) is 4.61. The summed E-state index contributed by atoms with van der Waals surface area (Å²) in [6, 6.07) is 8.56. The van der Waals surface area contributed by atoms with Crippen molar-refractivity contribution in [3.63, 3.8) is 0 Å². The number of esters is 1. The summed E-state index contributed by atoms with van der Waals surface area (Å²) in [7, 11) is 1.30. The van der Waals surface area contributed by atoms with Crippen LogP contribution < -0.4 is 10.2 Å². The van der Waals surface area contributed by atoms with Crippen molar-refractivity contribution in [2.45, 2.75) is 12.8 Å². The van der Waals surface area contributed by atoms with Gasteiger partial charge in [-0.15, -0.1) is 11.3 Å². The Morgan fingerprint density at radius 3 is 2.83 bits per heavy atom. The molecule has 1 saturated heterocycles. The SMILES string of the molecule is COC(=O)c1sccc1NC(=O)c1cccc(N2CCCC2=O)c1. The average Bonchev–Trinajstić information content (AvgIpc) is 3.23. The van der Waals surface area contributed by atoms with Gasteiger partial charge in [-0.3, -0.25) is 9.59 Å². The molecule has 3 rings (SSSR count). The molecule has 2 amide bonds. The first-order chi connectivity index (χ1) is 11.6. The van der Waals surface area contributed by atoms with Crippen molar-refractivity contribution >= 4 is 40.5 Å². The topological polar surface area (TPSA) is 75.7 Å². The Morgan fingerprint density at radius 1 is 1.29 bits per heavy atom. The second-order valence-corrected chi connectivity index (χ2v) is 6.22. The smallest absolute Gasteiger partial charge is 0.350 e. The fourth-order valence-corrected chi connectivity index (χ4v) is 3.35. The maximum absolute atomic E-state index is 12.5. The molecule has 0 saturated carbocycles. The summed E-state index contributed by atoms with van der Waals surface area (Å²) in [4.78, 5) is 38.0. The lowest BCUT2D eigenvalue weighted by molar-refractivity contribution is -0.117. The Balaban J connectivity index is 1.80. The van der Waals surface area contributed by atoms with Gasteiger partial charge in [0.05, 0.1) is 12.8 Å². The summed E-state index contributed by atoms with van der Waals surface area (Å²) in [5.74, 6) is -0.762. The van der Waals surface area contributed by atoms with Crippen molar-refractivity contribution < 1.29 is 19.1 Å². The zero-order chi connectivity index (χ0) is 17.1. The minimum Gasteiger partial charge on any atom is -0.465 e. The van der Waals surface area contributed by atoms with Crippen LogP contribution in [0.4, 0.5) is 11.4 Å². The lowest BCUT2D eigenvalue weighted by Gasteiger charge is -2.16. The molecule has 0 unspecified atom stereocenters. The molecule has 2 heterocycles. The fourth-order valence-electron chi connectivity index (χ4n) is 2.59. The van der Waals surface area contributed by atoms with Gasteiger partial charge in [-0.05, 0) is 36.1 Å². The highest BCUT2D eigenvalue weighted by molar-refractivity contribution is 7.12. The first-order valence-corrected chi connectivity index (χ1v) is 8.35. The molecule has 0 spiro atoms. The number of methoxy groups -OCH3 is 1. The van der Waals surface area contributed by atoms with E-state index in [9.17, 15) is 14.4 Å². The highest BCUT2D eigenvalue weighted by Gasteiger charge is 2.22. The first-order valence-electron chi connectivity index (χ1n) is 7.47. The molecule has 1 N–H and O–H groups in total. The number of nitrogens with zero attached hydrogens (tertiary/aromatic N) is 1. The maximum Gasteiger partial charge on any atom is 0.350 e. The van der Waals surface area contributed by atoms with Gasteiger partial charge < -0.3 is 15.0 Å². The number of ether oxygens (including phenoxy) is 1. The molecule has 1 aliphatic heterocycles. The quantitative estimate of drug-likeness (QED) is 0.865. The third-order valence-corrected chi connectivity index (χ3v) is 4.67. The van der Waals surface area contributed by atoms with Crippen LogP contribution in [0.2, 0.25) is 0 Å². The van der Waals surface area contributed by atoms with Crippen LogP contribution >= 0.6 is 11.3 Å². The van der Waals surface area contributed by atoms with Crippen LogP contribution in [0, 0.1) is 0 Å². The van der Waals surface area contributed by atoms with E-state index in [0.29, 0.717) is 34.8 Å². The average molecular weight is 344 g/mol. The van der Waals surface area contributed by atoms with Crippen molar-refractivity contribution in [2.24, 2.45) is 0 Å². The van der Waals surface area contributed by atoms with Crippen molar-refractivity contribution in [1.29, 1.82) is 0 Å². The van der Waals surface area contributed by atoms with E-state index in [1.165, 1.54) is 18.4 Å². The fraction of sp³-hybridized carbons (Fsp3) is 0.235. The standard InChI is InChI=1S/C17H16N2O4S/c1-23-17(22)15-13(7-9-24-15)18-16(21)11-4-2-5-12(10-11)19-8-3-6-14(19)20/h2,4-5,7,9-10H,3,6,8H2,1H3,(H,18,21). The third-order valence-electron chi connectivity index (χ3n) is 3.78. The van der Waals surface area contributed by atoms with Crippen molar-refractivity contribution in [3.8, 4) is 0 Å². The summed E-state index contributed by atoms with van der Waals surface area (Å²) in [6.45, 7) is 0.668. The van der Waals surface area contributed by atoms with Gasteiger partial charge in [0, 0.05) is 24.2 Å². The monoisotopic (exact) mass is 344 g/mol. The predicted molar refractivity (Wildman–Crippen MR) is 91.6 cm³/mol. The Hall–Kier alpha value is -2.67. The summed E-state index contributed by atoms with van der Waals surface area (Å²) in [5, 5.41) is 4.43. The van der Waals surface area contributed by atoms with Gasteiger partial charge in [0.1, 0.15) is 4.88 Å². The number of anilines is 2. The molecule has 24 heavy (non-hydrogen) atoms. The van der Waals surface area contributed by atoms with Gasteiger partial charge in [0.2, 0.25) is 5.91 Å². The molecule has 0 atom stereocenters. The van der Waals surface area contributed by atoms with E-state index in [1.807, 2.05) is 6.07 Å². The minimum atomic E-state index is -0.489. The van der Waals surface area contributed by atoms with Crippen LogP contribution in [0.1, 0.15) is 32.9 Å². The second kappa shape index (κ2) is 6.84. The molecule has 7 heteroatoms. The molecular formula is C17H16N2O4S. The molecule has 6 nitrogen and oxygen atoms in total. The maximum atomic E-state index is 12.5. The molecular weight excluding hydrogens is 328 g/mol. The normalized spacial score (nSPS) is 13.9. The molecule has 124 valence electrons. The first kappa shape index (κ1) is 16.2. The number of hydrogen-bond donors (Lipinski definition) is 1. The summed E-state index contributed by atoms with van der Waals surface area (Å²) in [5.41, 5.74) is 1.55. The number of carbonyl (C=O) groups is 3. The minimum absolute atomic E-state index is 0.0679. The van der Waals surface area contributed by atoms with Gasteiger partial charge in [-0.25, -0.2) is 4.79 Å². The van der Waals surface area contributed by atoms with Gasteiger partial charge in [-0.2, -0.15) is 0 Å². The van der Waals surface area contributed by atoms with Gasteiger partial charge in [0.15, 0.2) is 0 Å². The van der Waals surface area contributed by atoms with Crippen molar-refractivity contribution in [3.05, 3.63) is 46.2 Å². The van der Waals surface area contributed by atoms with Crippen LogP contribution in [-0.2, 0) is 9.53 Å². The highest BCUT2D eigenvalue weighted by Crippen LogP contribution is 2.25. The van der Waals surface area contributed by atoms with E-state index in [4.69, 9.17) is 4.74 Å². The van der Waals surface area contributed by atoms with E-state index in [1.54, 1.807) is 34.5 Å². The Bertz CT molecular complexity index is 799. The zero-order valence-corrected chi connectivity index (χ0v) is 13.9. The van der Waals surface area contributed by atoms with E-state index < -0.39 is 5.97 Å². The Morgan fingerprint density at radius 2 is 2.12 bits per heavy atom. The molecule has 0 bridgehead atoms. The number of hydrogen-bond acceptors (Lipinski definition) is 5. The van der Waals surface area contributed by atoms with Crippen LogP contribution in [-0.4, -0.2) is 31.4 Å². The van der Waals surface area contributed by atoms with Crippen molar-refractivity contribution in [2.75, 3.05) is 23.9 Å². The van der Waals surface area contributed by atoms with Crippen molar-refractivity contribution in [1.82, 2.24) is 0 Å². The van der Waals surface area contributed by atoms with E-state index in [0.717, 1.165) is 6.42 Å². The van der Waals surface area contributed by atoms with Gasteiger partial charge in [0.25, 0.3) is 5.91 Å². The lowest BCUT2D eigenvalue weighted by Crippen LogP contribution is -2.24. The number of benzene rings is 1. The molecule has 0 aliphatic carbocycles. The summed E-state index contributed by atoms with van der Waals surface area (Å²) < 4.78 is 4.70. The van der Waals surface area contributed by atoms with E-state index in [-0.39, 0.29) is 11.8 Å². The number of thiophene rings is 1. The van der Waals surface area contributed by atoms with Gasteiger partial charge in [-0.1, -0.05) is 6.07 Å². The largest absolute Gasteiger partial charge is 0.465 e. The molecule has 1 aromatic carbocycles. The van der Waals surface area contributed by atoms with Crippen LogP contribution in [0.15, 0.2) is 35.7 Å². The highest BCUT2D eigenvalue weighted by atomic mass is 32.1. The molecule has 0 radical (unpaired) electrons. The number of nitrogens with one attached hydrogen (secondary N) is 1. The summed E-state index contributed by atoms with van der Waals surface area (Å²) >= 11 is 1.20. The van der Waals surface area contributed by atoms with E-state index >= 15 is 0 Å². The van der Waals surface area contributed by atoms with Crippen LogP contribution in [0.3, 0.4) is 0 Å². The molecule has 1 fully saturated rings. The predicted octanol–water partition coefficient (Wildman–Crippen LogP) is 2.91. The number of rotatable bonds is 4. The number of amides is 2. The van der Waals surface area contributed by atoms with Crippen LogP contribution in [0.25, 0.3) is 0 Å². The molecule has 1 aliphatic rings. The number of carbonyl (C=O) groups excluding carboxylic acids is 3. The zero-order valence-electron chi connectivity index (χ0n) is 13.1. The Labute approximate surface area is 143 Å².